The first-order chi connectivity index (χ1) is 16.5. The van der Waals surface area contributed by atoms with E-state index in [2.05, 4.69) is 30.6 Å². The van der Waals surface area contributed by atoms with Crippen LogP contribution >= 0.6 is 0 Å². The minimum atomic E-state index is -0.626. The molecule has 5 heterocycles. The Labute approximate surface area is 196 Å². The first kappa shape index (κ1) is 22.1. The molecule has 178 valence electrons. The maximum absolute atomic E-state index is 11.9. The van der Waals surface area contributed by atoms with Gasteiger partial charge in [0.05, 0.1) is 5.69 Å². The summed E-state index contributed by atoms with van der Waals surface area (Å²) in [5, 5.41) is 0. The number of likely N-dealkylation sites (tertiary alicyclic amines) is 1. The fourth-order valence-electron chi connectivity index (χ4n) is 4.75. The number of nitrogen functional groups attached to an aromatic ring is 1. The minimum Gasteiger partial charge on any atom is -0.383 e. The highest BCUT2D eigenvalue weighted by atomic mass is 16.1. The second kappa shape index (κ2) is 9.26. The number of imidazole rings is 1. The lowest BCUT2D eigenvalue weighted by Crippen LogP contribution is -2.39. The van der Waals surface area contributed by atoms with Gasteiger partial charge in [-0.1, -0.05) is 0 Å². The Hall–Kier alpha value is -3.73. The van der Waals surface area contributed by atoms with Crippen LogP contribution in [0.1, 0.15) is 41.4 Å². The van der Waals surface area contributed by atoms with Gasteiger partial charge in [0.1, 0.15) is 29.4 Å². The van der Waals surface area contributed by atoms with E-state index in [0.29, 0.717) is 18.9 Å². The number of nitrogens with one attached hydrogen (secondary N) is 1. The van der Waals surface area contributed by atoms with Crippen LogP contribution in [0, 0.1) is 0 Å². The fourth-order valence-corrected chi connectivity index (χ4v) is 4.75. The van der Waals surface area contributed by atoms with Crippen LogP contribution in [-0.4, -0.2) is 68.0 Å². The van der Waals surface area contributed by atoms with Gasteiger partial charge >= 0.3 is 0 Å². The van der Waals surface area contributed by atoms with Crippen molar-refractivity contribution in [2.45, 2.75) is 31.7 Å². The second-order valence-corrected chi connectivity index (χ2v) is 8.90. The molecule has 0 bridgehead atoms. The third kappa shape index (κ3) is 4.38. The van der Waals surface area contributed by atoms with E-state index >= 15 is 0 Å². The van der Waals surface area contributed by atoms with Crippen LogP contribution in [0.25, 0.3) is 11.3 Å². The molecule has 0 saturated carbocycles. The molecule has 11 heteroatoms. The molecule has 5 N–H and O–H groups in total. The highest BCUT2D eigenvalue weighted by molar-refractivity contribution is 6.01. The summed E-state index contributed by atoms with van der Waals surface area (Å²) in [6, 6.07) is 3.46. The fraction of sp³-hybridized carbons (Fsp3) is 0.435. The lowest BCUT2D eigenvalue weighted by Gasteiger charge is -2.34. The number of amides is 1. The van der Waals surface area contributed by atoms with E-state index in [1.807, 2.05) is 11.0 Å². The smallest absolute Gasteiger partial charge is 0.256 e. The molecule has 0 unspecified atom stereocenters. The highest BCUT2D eigenvalue weighted by Gasteiger charge is 2.29. The predicted octanol–water partition coefficient (Wildman–Crippen LogP) is 0.799. The number of H-pyrrole nitrogens is 1. The Morgan fingerprint density at radius 2 is 1.94 bits per heavy atom. The molecule has 2 aliphatic heterocycles. The van der Waals surface area contributed by atoms with Crippen LogP contribution in [0.5, 0.6) is 0 Å². The van der Waals surface area contributed by atoms with E-state index < -0.39 is 5.91 Å². The number of hydrogen-bond acceptors (Lipinski definition) is 8. The molecule has 0 spiro atoms. The van der Waals surface area contributed by atoms with Crippen molar-refractivity contribution >= 4 is 17.5 Å². The largest absolute Gasteiger partial charge is 0.383 e. The molecule has 0 radical (unpaired) electrons. The van der Waals surface area contributed by atoms with Gasteiger partial charge in [-0.25, -0.2) is 15.0 Å². The van der Waals surface area contributed by atoms with Crippen molar-refractivity contribution in [2.24, 2.45) is 5.73 Å². The lowest BCUT2D eigenvalue weighted by atomic mass is 9.95. The zero-order valence-corrected chi connectivity index (χ0v) is 19.0. The van der Waals surface area contributed by atoms with Crippen molar-refractivity contribution < 1.29 is 4.79 Å². The van der Waals surface area contributed by atoms with E-state index in [1.54, 1.807) is 12.3 Å². The van der Waals surface area contributed by atoms with E-state index in [9.17, 15) is 9.59 Å². The Balaban J connectivity index is 1.37. The van der Waals surface area contributed by atoms with Gasteiger partial charge in [-0.05, 0) is 38.4 Å². The first-order valence-electron chi connectivity index (χ1n) is 11.6. The average Bonchev–Trinajstić information content (AvgIpc) is 3.22. The monoisotopic (exact) mass is 463 g/mol. The summed E-state index contributed by atoms with van der Waals surface area (Å²) in [5.74, 6) is 1.25. The molecule has 2 fully saturated rings. The topological polar surface area (TPSA) is 152 Å². The van der Waals surface area contributed by atoms with E-state index in [4.69, 9.17) is 16.5 Å². The zero-order chi connectivity index (χ0) is 23.7. The maximum Gasteiger partial charge on any atom is 0.256 e. The number of piperidine rings is 1. The lowest BCUT2D eigenvalue weighted by molar-refractivity contribution is 0.100. The molecule has 2 saturated heterocycles. The van der Waals surface area contributed by atoms with Crippen molar-refractivity contribution in [1.29, 1.82) is 0 Å². The van der Waals surface area contributed by atoms with Crippen LogP contribution < -0.4 is 21.9 Å². The number of rotatable bonds is 7. The number of hydrogen-bond donors (Lipinski definition) is 3. The quantitative estimate of drug-likeness (QED) is 0.465. The molecule has 5 rings (SSSR count). The number of nitrogens with two attached hydrogens (primary N) is 2. The Bertz CT molecular complexity index is 1240. The Kier molecular flexibility index (Phi) is 6.01. The summed E-state index contributed by atoms with van der Waals surface area (Å²) in [4.78, 5) is 44.1. The summed E-state index contributed by atoms with van der Waals surface area (Å²) >= 11 is 0. The van der Waals surface area contributed by atoms with Crippen LogP contribution in [0.15, 0.2) is 35.6 Å². The second-order valence-electron chi connectivity index (χ2n) is 8.90. The van der Waals surface area contributed by atoms with Crippen LogP contribution in [-0.2, 0) is 6.54 Å². The molecule has 3 aromatic heterocycles. The number of carbonyl (C=O) groups is 1. The zero-order valence-electron chi connectivity index (χ0n) is 19.0. The maximum atomic E-state index is 11.9. The van der Waals surface area contributed by atoms with Gasteiger partial charge in [0.2, 0.25) is 5.56 Å². The van der Waals surface area contributed by atoms with Gasteiger partial charge in [0.25, 0.3) is 5.91 Å². The normalized spacial score (nSPS) is 17.0. The number of carbonyl (C=O) groups excluding carboxylic acids is 1. The third-order valence-electron chi connectivity index (χ3n) is 6.75. The van der Waals surface area contributed by atoms with E-state index in [-0.39, 0.29) is 22.9 Å². The number of aromatic nitrogens is 5. The molecule has 1 amide bonds. The van der Waals surface area contributed by atoms with Crippen molar-refractivity contribution in [3.05, 3.63) is 52.6 Å². The standard InChI is InChI=1S/C23H29N9O2/c24-20-19(21(25)34)23(28-14-27-20)31-8-3-15(4-9-31)22-29-17(16-2-5-26-18(33)12-16)13-32(22)11-10-30-6-1-7-30/h2,5,12-15H,1,3-4,6-11H2,(H2,25,34)(H,26,33)(H2,24,27,28). The molecular formula is C23H29N9O2. The molecule has 0 aliphatic carbocycles. The van der Waals surface area contributed by atoms with Gasteiger partial charge in [-0.2, -0.15) is 0 Å². The number of primary amides is 1. The van der Waals surface area contributed by atoms with Crippen LogP contribution in [0.4, 0.5) is 11.6 Å². The Morgan fingerprint density at radius 1 is 1.15 bits per heavy atom. The van der Waals surface area contributed by atoms with Gasteiger partial charge in [0.15, 0.2) is 0 Å². The third-order valence-corrected chi connectivity index (χ3v) is 6.75. The van der Waals surface area contributed by atoms with Gasteiger partial charge < -0.3 is 30.8 Å². The van der Waals surface area contributed by atoms with Gasteiger partial charge in [-0.3, -0.25) is 9.59 Å². The van der Waals surface area contributed by atoms with Crippen molar-refractivity contribution in [1.82, 2.24) is 29.4 Å². The number of anilines is 2. The summed E-state index contributed by atoms with van der Waals surface area (Å²) < 4.78 is 2.24. The first-order valence-corrected chi connectivity index (χ1v) is 11.6. The molecule has 0 aromatic carbocycles. The van der Waals surface area contributed by atoms with Crippen LogP contribution in [0.3, 0.4) is 0 Å². The molecule has 11 nitrogen and oxygen atoms in total. The summed E-state index contributed by atoms with van der Waals surface area (Å²) in [6.45, 7) is 5.53. The SMILES string of the molecule is NC(=O)c1c(N)ncnc1N1CCC(c2nc(-c3cc[nH]c(=O)c3)cn2CCN2CCC2)CC1. The predicted molar refractivity (Wildman–Crippen MR) is 128 cm³/mol. The molecule has 3 aromatic rings. The summed E-state index contributed by atoms with van der Waals surface area (Å²) in [6.07, 6.45) is 8.02. The van der Waals surface area contributed by atoms with Crippen molar-refractivity contribution in [2.75, 3.05) is 43.4 Å². The summed E-state index contributed by atoms with van der Waals surface area (Å²) in [7, 11) is 0. The highest BCUT2D eigenvalue weighted by Crippen LogP contribution is 2.33. The molecule has 0 atom stereocenters. The molecule has 34 heavy (non-hydrogen) atoms. The number of aromatic amines is 1. The molecular weight excluding hydrogens is 434 g/mol. The number of nitrogens with zero attached hydrogens (tertiary/aromatic N) is 6. The van der Waals surface area contributed by atoms with Crippen molar-refractivity contribution in [3.63, 3.8) is 0 Å². The van der Waals surface area contributed by atoms with Crippen molar-refractivity contribution in [3.8, 4) is 11.3 Å². The summed E-state index contributed by atoms with van der Waals surface area (Å²) in [5.41, 5.74) is 13.1. The minimum absolute atomic E-state index is 0.101. The number of pyridine rings is 1. The van der Waals surface area contributed by atoms with Crippen LogP contribution in [0.2, 0.25) is 0 Å². The van der Waals surface area contributed by atoms with Gasteiger partial charge in [0, 0.05) is 56.1 Å². The van der Waals surface area contributed by atoms with E-state index in [0.717, 1.165) is 56.1 Å². The molecule has 2 aliphatic rings. The Morgan fingerprint density at radius 3 is 2.62 bits per heavy atom. The van der Waals surface area contributed by atoms with Gasteiger partial charge in [-0.15, -0.1) is 0 Å². The van der Waals surface area contributed by atoms with E-state index in [1.165, 1.54) is 12.7 Å². The average molecular weight is 464 g/mol.